The third-order valence-corrected chi connectivity index (χ3v) is 3.06. The van der Waals surface area contributed by atoms with Gasteiger partial charge >= 0.3 is 0 Å². The van der Waals surface area contributed by atoms with Gasteiger partial charge in [0.25, 0.3) is 0 Å². The van der Waals surface area contributed by atoms with Crippen LogP contribution in [0.25, 0.3) is 16.7 Å². The number of anilines is 1. The van der Waals surface area contributed by atoms with E-state index in [9.17, 15) is 13.2 Å². The third-order valence-electron chi connectivity index (χ3n) is 3.06. The highest BCUT2D eigenvalue weighted by Crippen LogP contribution is 2.26. The Morgan fingerprint density at radius 3 is 2.43 bits per heavy atom. The summed E-state index contributed by atoms with van der Waals surface area (Å²) < 4.78 is 41.0. The topological polar surface area (TPSA) is 67.6 Å². The lowest BCUT2D eigenvalue weighted by atomic mass is 10.2. The number of aromatic nitrogens is 2. The zero-order chi connectivity index (χ0) is 15.1. The molecule has 1 aromatic heterocycles. The van der Waals surface area contributed by atoms with Crippen LogP contribution in [0.4, 0.5) is 19.1 Å². The standard InChI is InChI=1S/C14H7F3N4/c15-9-4-8(5-10(16)12(9)17)21-11-3-1-2-7(6-18)13(11)20-14(21)19/h1-5H,(H2,19,20). The molecule has 2 N–H and O–H groups in total. The predicted molar refractivity (Wildman–Crippen MR) is 70.1 cm³/mol. The number of nitrogens with zero attached hydrogens (tertiary/aromatic N) is 3. The lowest BCUT2D eigenvalue weighted by molar-refractivity contribution is 0.446. The van der Waals surface area contributed by atoms with Crippen LogP contribution in [0.1, 0.15) is 5.56 Å². The molecule has 2 aromatic carbocycles. The number of nitriles is 1. The van der Waals surface area contributed by atoms with Crippen molar-refractivity contribution in [1.29, 1.82) is 5.26 Å². The molecule has 21 heavy (non-hydrogen) atoms. The van der Waals surface area contributed by atoms with E-state index in [2.05, 4.69) is 4.98 Å². The van der Waals surface area contributed by atoms with Crippen LogP contribution in [0.15, 0.2) is 30.3 Å². The first-order valence-corrected chi connectivity index (χ1v) is 5.85. The first-order chi connectivity index (χ1) is 10.0. The van der Waals surface area contributed by atoms with Gasteiger partial charge in [0, 0.05) is 12.1 Å². The Labute approximate surface area is 116 Å². The minimum atomic E-state index is -1.56. The summed E-state index contributed by atoms with van der Waals surface area (Å²) in [5.41, 5.74) is 6.73. The van der Waals surface area contributed by atoms with E-state index in [4.69, 9.17) is 11.0 Å². The van der Waals surface area contributed by atoms with Gasteiger partial charge in [-0.1, -0.05) is 6.07 Å². The summed E-state index contributed by atoms with van der Waals surface area (Å²) in [4.78, 5) is 4.02. The number of benzene rings is 2. The molecule has 104 valence electrons. The highest BCUT2D eigenvalue weighted by atomic mass is 19.2. The van der Waals surface area contributed by atoms with Crippen LogP contribution in [-0.4, -0.2) is 9.55 Å². The highest BCUT2D eigenvalue weighted by molar-refractivity contribution is 5.85. The van der Waals surface area contributed by atoms with Gasteiger partial charge in [0.2, 0.25) is 5.95 Å². The fraction of sp³-hybridized carbons (Fsp3) is 0. The Morgan fingerprint density at radius 2 is 1.81 bits per heavy atom. The molecule has 0 spiro atoms. The molecule has 0 amide bonds. The second-order valence-corrected chi connectivity index (χ2v) is 4.31. The summed E-state index contributed by atoms with van der Waals surface area (Å²) in [6.07, 6.45) is 0. The van der Waals surface area contributed by atoms with Gasteiger partial charge < -0.3 is 5.73 Å². The Morgan fingerprint density at radius 1 is 1.14 bits per heavy atom. The lowest BCUT2D eigenvalue weighted by Gasteiger charge is -2.07. The molecular weight excluding hydrogens is 281 g/mol. The minimum Gasteiger partial charge on any atom is -0.369 e. The zero-order valence-electron chi connectivity index (χ0n) is 10.4. The van der Waals surface area contributed by atoms with Crippen molar-refractivity contribution < 1.29 is 13.2 Å². The van der Waals surface area contributed by atoms with Crippen LogP contribution in [0.5, 0.6) is 0 Å². The van der Waals surface area contributed by atoms with E-state index in [0.717, 1.165) is 12.1 Å². The summed E-state index contributed by atoms with van der Waals surface area (Å²) in [6, 6.07) is 8.32. The molecule has 0 saturated heterocycles. The molecule has 0 aliphatic rings. The van der Waals surface area contributed by atoms with Gasteiger partial charge in [-0.15, -0.1) is 0 Å². The van der Waals surface area contributed by atoms with Crippen molar-refractivity contribution in [2.45, 2.75) is 0 Å². The van der Waals surface area contributed by atoms with Crippen LogP contribution in [-0.2, 0) is 0 Å². The molecule has 3 rings (SSSR count). The Bertz CT molecular complexity index is 885. The van der Waals surface area contributed by atoms with Crippen molar-refractivity contribution in [2.75, 3.05) is 5.73 Å². The van der Waals surface area contributed by atoms with Gasteiger partial charge in [0.05, 0.1) is 16.8 Å². The Kier molecular flexibility index (Phi) is 2.80. The fourth-order valence-electron chi connectivity index (χ4n) is 2.15. The van der Waals surface area contributed by atoms with Gasteiger partial charge in [-0.05, 0) is 12.1 Å². The number of fused-ring (bicyclic) bond motifs is 1. The largest absolute Gasteiger partial charge is 0.369 e. The first kappa shape index (κ1) is 13.0. The van der Waals surface area contributed by atoms with E-state index in [1.54, 1.807) is 18.2 Å². The van der Waals surface area contributed by atoms with Crippen LogP contribution in [0, 0.1) is 28.8 Å². The predicted octanol–water partition coefficient (Wildman–Crippen LogP) is 2.90. The summed E-state index contributed by atoms with van der Waals surface area (Å²) in [6.45, 7) is 0. The normalized spacial score (nSPS) is 10.8. The number of halogens is 3. The number of nitrogen functional groups attached to an aromatic ring is 1. The summed E-state index contributed by atoms with van der Waals surface area (Å²) in [7, 11) is 0. The molecule has 0 atom stereocenters. The average molecular weight is 288 g/mol. The molecule has 3 aromatic rings. The van der Waals surface area contributed by atoms with Crippen molar-refractivity contribution in [3.63, 3.8) is 0 Å². The van der Waals surface area contributed by atoms with Gasteiger partial charge in [-0.25, -0.2) is 18.2 Å². The maximum absolute atomic E-state index is 13.4. The van der Waals surface area contributed by atoms with Gasteiger partial charge in [-0.2, -0.15) is 5.26 Å². The number of rotatable bonds is 1. The van der Waals surface area contributed by atoms with E-state index in [0.29, 0.717) is 11.0 Å². The second kappa shape index (κ2) is 4.52. The Balaban J connectivity index is 2.36. The van der Waals surface area contributed by atoms with Gasteiger partial charge in [-0.3, -0.25) is 4.57 Å². The van der Waals surface area contributed by atoms with Crippen LogP contribution in [0.2, 0.25) is 0 Å². The molecule has 0 radical (unpaired) electrons. The third kappa shape index (κ3) is 1.89. The molecule has 0 fully saturated rings. The Hall–Kier alpha value is -3.01. The van der Waals surface area contributed by atoms with Crippen molar-refractivity contribution >= 4 is 17.0 Å². The molecular formula is C14H7F3N4. The summed E-state index contributed by atoms with van der Waals surface area (Å²) in [5, 5.41) is 9.02. The number of nitrogens with two attached hydrogens (primary N) is 1. The van der Waals surface area contributed by atoms with E-state index in [1.165, 1.54) is 4.57 Å². The molecule has 0 bridgehead atoms. The molecule has 0 unspecified atom stereocenters. The summed E-state index contributed by atoms with van der Waals surface area (Å²) in [5.74, 6) is -4.28. The monoisotopic (exact) mass is 288 g/mol. The van der Waals surface area contributed by atoms with Crippen LogP contribution >= 0.6 is 0 Å². The van der Waals surface area contributed by atoms with Crippen molar-refractivity contribution in [1.82, 2.24) is 9.55 Å². The van der Waals surface area contributed by atoms with Crippen LogP contribution < -0.4 is 5.73 Å². The van der Waals surface area contributed by atoms with Crippen molar-refractivity contribution in [2.24, 2.45) is 0 Å². The number of hydrogen-bond acceptors (Lipinski definition) is 3. The number of para-hydroxylation sites is 1. The van der Waals surface area contributed by atoms with E-state index in [-0.39, 0.29) is 17.2 Å². The maximum atomic E-state index is 13.4. The number of hydrogen-bond donors (Lipinski definition) is 1. The molecule has 4 nitrogen and oxygen atoms in total. The average Bonchev–Trinajstić information content (AvgIpc) is 2.80. The summed E-state index contributed by atoms with van der Waals surface area (Å²) >= 11 is 0. The molecule has 0 saturated carbocycles. The quantitative estimate of drug-likeness (QED) is 0.700. The van der Waals surface area contributed by atoms with E-state index in [1.807, 2.05) is 6.07 Å². The minimum absolute atomic E-state index is 0.0125. The van der Waals surface area contributed by atoms with E-state index < -0.39 is 17.5 Å². The molecule has 7 heteroatoms. The van der Waals surface area contributed by atoms with Gasteiger partial charge in [0.15, 0.2) is 17.5 Å². The van der Waals surface area contributed by atoms with Gasteiger partial charge in [0.1, 0.15) is 11.6 Å². The SMILES string of the molecule is N#Cc1cccc2c1nc(N)n2-c1cc(F)c(F)c(F)c1. The molecule has 0 aliphatic carbocycles. The van der Waals surface area contributed by atoms with E-state index >= 15 is 0 Å². The smallest absolute Gasteiger partial charge is 0.205 e. The zero-order valence-corrected chi connectivity index (χ0v) is 10.4. The molecule has 1 heterocycles. The highest BCUT2D eigenvalue weighted by Gasteiger charge is 2.17. The number of imidazole rings is 1. The van der Waals surface area contributed by atoms with Crippen LogP contribution in [0.3, 0.4) is 0 Å². The molecule has 0 aliphatic heterocycles. The maximum Gasteiger partial charge on any atom is 0.205 e. The second-order valence-electron chi connectivity index (χ2n) is 4.31. The van der Waals surface area contributed by atoms with Crippen molar-refractivity contribution in [3.05, 3.63) is 53.3 Å². The first-order valence-electron chi connectivity index (χ1n) is 5.85. The fourth-order valence-corrected chi connectivity index (χ4v) is 2.15. The lowest BCUT2D eigenvalue weighted by Crippen LogP contribution is -2.03. The van der Waals surface area contributed by atoms with Crippen molar-refractivity contribution in [3.8, 4) is 11.8 Å².